The zero-order valence-electron chi connectivity index (χ0n) is 15.2. The minimum absolute atomic E-state index is 0.247. The number of ether oxygens (including phenoxy) is 4. The predicted octanol–water partition coefficient (Wildman–Crippen LogP) is 2.84. The molecule has 2 aromatic rings. The van der Waals surface area contributed by atoms with E-state index in [-0.39, 0.29) is 6.10 Å². The summed E-state index contributed by atoms with van der Waals surface area (Å²) in [6.07, 6.45) is 4.14. The van der Waals surface area contributed by atoms with E-state index < -0.39 is 0 Å². The van der Waals surface area contributed by atoms with Crippen LogP contribution in [0, 0.1) is 0 Å². The molecule has 1 saturated heterocycles. The lowest BCUT2D eigenvalue weighted by molar-refractivity contribution is 0.120. The number of rotatable bonds is 8. The maximum absolute atomic E-state index is 5.61. The van der Waals surface area contributed by atoms with Crippen LogP contribution in [-0.2, 0) is 4.74 Å². The van der Waals surface area contributed by atoms with Crippen LogP contribution in [0.25, 0.3) is 0 Å². The maximum atomic E-state index is 5.61. The number of methoxy groups -OCH3 is 3. The zero-order chi connectivity index (χ0) is 18.4. The number of benzene rings is 1. The normalized spacial score (nSPS) is 16.2. The lowest BCUT2D eigenvalue weighted by Crippen LogP contribution is -2.19. The van der Waals surface area contributed by atoms with Crippen LogP contribution in [0.5, 0.6) is 17.2 Å². The van der Waals surface area contributed by atoms with Crippen molar-refractivity contribution in [1.29, 1.82) is 0 Å². The molecule has 1 aromatic carbocycles. The van der Waals surface area contributed by atoms with Crippen molar-refractivity contribution < 1.29 is 18.9 Å². The lowest BCUT2D eigenvalue weighted by Gasteiger charge is -2.15. The minimum atomic E-state index is 0.247. The SMILES string of the molecule is COc1cc(Nc2nccc(NCC3CCCO3)n2)cc(OC)c1OC. The van der Waals surface area contributed by atoms with Gasteiger partial charge in [-0.3, -0.25) is 0 Å². The fourth-order valence-corrected chi connectivity index (χ4v) is 2.82. The van der Waals surface area contributed by atoms with Crippen molar-refractivity contribution >= 4 is 17.5 Å². The zero-order valence-corrected chi connectivity index (χ0v) is 15.2. The van der Waals surface area contributed by atoms with Crippen LogP contribution in [0.4, 0.5) is 17.5 Å². The molecule has 8 nitrogen and oxygen atoms in total. The lowest BCUT2D eigenvalue weighted by atomic mass is 10.2. The Labute approximate surface area is 152 Å². The second kappa shape index (κ2) is 8.57. The summed E-state index contributed by atoms with van der Waals surface area (Å²) >= 11 is 0. The summed E-state index contributed by atoms with van der Waals surface area (Å²) in [4.78, 5) is 8.74. The van der Waals surface area contributed by atoms with Gasteiger partial charge in [-0.05, 0) is 18.9 Å². The largest absolute Gasteiger partial charge is 0.493 e. The van der Waals surface area contributed by atoms with Crippen LogP contribution in [0.1, 0.15) is 12.8 Å². The Morgan fingerprint density at radius 1 is 1.15 bits per heavy atom. The molecular formula is C18H24N4O4. The quantitative estimate of drug-likeness (QED) is 0.743. The van der Waals surface area contributed by atoms with Gasteiger partial charge >= 0.3 is 0 Å². The van der Waals surface area contributed by atoms with Gasteiger partial charge in [0.2, 0.25) is 11.7 Å². The van der Waals surface area contributed by atoms with E-state index in [1.807, 2.05) is 6.07 Å². The van der Waals surface area contributed by atoms with E-state index in [4.69, 9.17) is 18.9 Å². The summed E-state index contributed by atoms with van der Waals surface area (Å²) in [5, 5.41) is 6.45. The summed E-state index contributed by atoms with van der Waals surface area (Å²) in [5.41, 5.74) is 0.732. The summed E-state index contributed by atoms with van der Waals surface area (Å²) in [5.74, 6) is 2.86. The summed E-state index contributed by atoms with van der Waals surface area (Å²) in [6.45, 7) is 1.57. The Kier molecular flexibility index (Phi) is 5.96. The monoisotopic (exact) mass is 360 g/mol. The van der Waals surface area contributed by atoms with Gasteiger partial charge in [-0.2, -0.15) is 4.98 Å². The summed E-state index contributed by atoms with van der Waals surface area (Å²) in [7, 11) is 4.72. The van der Waals surface area contributed by atoms with Gasteiger partial charge in [0.25, 0.3) is 0 Å². The van der Waals surface area contributed by atoms with Gasteiger partial charge in [-0.1, -0.05) is 0 Å². The Hall–Kier alpha value is -2.74. The third kappa shape index (κ3) is 4.26. The highest BCUT2D eigenvalue weighted by atomic mass is 16.5. The second-order valence-corrected chi connectivity index (χ2v) is 5.82. The predicted molar refractivity (Wildman–Crippen MR) is 98.9 cm³/mol. The number of hydrogen-bond acceptors (Lipinski definition) is 8. The minimum Gasteiger partial charge on any atom is -0.493 e. The summed E-state index contributed by atoms with van der Waals surface area (Å²) in [6, 6.07) is 5.43. The Bertz CT molecular complexity index is 710. The van der Waals surface area contributed by atoms with Crippen molar-refractivity contribution in [3.05, 3.63) is 24.4 Å². The number of aromatic nitrogens is 2. The molecular weight excluding hydrogens is 336 g/mol. The highest BCUT2D eigenvalue weighted by molar-refractivity contribution is 5.66. The molecule has 140 valence electrons. The van der Waals surface area contributed by atoms with Crippen LogP contribution < -0.4 is 24.8 Å². The molecule has 0 saturated carbocycles. The fraction of sp³-hybridized carbons (Fsp3) is 0.444. The highest BCUT2D eigenvalue weighted by Crippen LogP contribution is 2.40. The Morgan fingerprint density at radius 3 is 2.54 bits per heavy atom. The topological polar surface area (TPSA) is 86.8 Å². The average molecular weight is 360 g/mol. The van der Waals surface area contributed by atoms with Gasteiger partial charge < -0.3 is 29.6 Å². The Balaban J connectivity index is 1.73. The van der Waals surface area contributed by atoms with Crippen molar-refractivity contribution in [3.63, 3.8) is 0 Å². The number of anilines is 3. The standard InChI is InChI=1S/C18H24N4O4/c1-23-14-9-12(10-15(24-2)17(14)25-3)21-18-19-7-6-16(22-18)20-11-13-5-4-8-26-13/h6-7,9-10,13H,4-5,8,11H2,1-3H3,(H2,19,20,21,22). The molecule has 1 aliphatic rings. The van der Waals surface area contributed by atoms with E-state index in [2.05, 4.69) is 20.6 Å². The number of hydrogen-bond donors (Lipinski definition) is 2. The van der Waals surface area contributed by atoms with Gasteiger partial charge in [0.1, 0.15) is 5.82 Å². The van der Waals surface area contributed by atoms with Gasteiger partial charge in [0.05, 0.1) is 27.4 Å². The van der Waals surface area contributed by atoms with E-state index >= 15 is 0 Å². The molecule has 0 aliphatic carbocycles. The van der Waals surface area contributed by atoms with Gasteiger partial charge in [-0.25, -0.2) is 4.98 Å². The van der Waals surface area contributed by atoms with E-state index in [9.17, 15) is 0 Å². The second-order valence-electron chi connectivity index (χ2n) is 5.82. The first-order chi connectivity index (χ1) is 12.7. The maximum Gasteiger partial charge on any atom is 0.229 e. The Morgan fingerprint density at radius 2 is 1.92 bits per heavy atom. The first-order valence-electron chi connectivity index (χ1n) is 8.49. The number of nitrogens with one attached hydrogen (secondary N) is 2. The van der Waals surface area contributed by atoms with Crippen molar-refractivity contribution in [3.8, 4) is 17.2 Å². The first kappa shape index (κ1) is 18.1. The van der Waals surface area contributed by atoms with Crippen LogP contribution >= 0.6 is 0 Å². The van der Waals surface area contributed by atoms with Crippen LogP contribution in [0.2, 0.25) is 0 Å². The molecule has 3 rings (SSSR count). The molecule has 2 N–H and O–H groups in total. The molecule has 0 radical (unpaired) electrons. The number of nitrogens with zero attached hydrogens (tertiary/aromatic N) is 2. The van der Waals surface area contributed by atoms with E-state index in [0.717, 1.165) is 37.5 Å². The third-order valence-corrected chi connectivity index (χ3v) is 4.11. The molecule has 2 heterocycles. The molecule has 1 unspecified atom stereocenters. The van der Waals surface area contributed by atoms with Gasteiger partial charge in [-0.15, -0.1) is 0 Å². The van der Waals surface area contributed by atoms with Crippen LogP contribution in [0.15, 0.2) is 24.4 Å². The van der Waals surface area contributed by atoms with Crippen LogP contribution in [-0.4, -0.2) is 50.6 Å². The fourth-order valence-electron chi connectivity index (χ4n) is 2.82. The average Bonchev–Trinajstić information content (AvgIpc) is 3.19. The molecule has 26 heavy (non-hydrogen) atoms. The molecule has 8 heteroatoms. The van der Waals surface area contributed by atoms with E-state index in [1.165, 1.54) is 0 Å². The van der Waals surface area contributed by atoms with Crippen LogP contribution in [0.3, 0.4) is 0 Å². The molecule has 1 atom stereocenters. The van der Waals surface area contributed by atoms with Gasteiger partial charge in [0, 0.05) is 37.2 Å². The molecule has 0 bridgehead atoms. The van der Waals surface area contributed by atoms with Crippen molar-refractivity contribution in [2.24, 2.45) is 0 Å². The van der Waals surface area contributed by atoms with Gasteiger partial charge in [0.15, 0.2) is 11.5 Å². The molecule has 0 spiro atoms. The smallest absolute Gasteiger partial charge is 0.229 e. The molecule has 1 aromatic heterocycles. The molecule has 0 amide bonds. The van der Waals surface area contributed by atoms with E-state index in [1.54, 1.807) is 39.7 Å². The van der Waals surface area contributed by atoms with E-state index in [0.29, 0.717) is 23.2 Å². The van der Waals surface area contributed by atoms with Crippen molar-refractivity contribution in [1.82, 2.24) is 9.97 Å². The highest BCUT2D eigenvalue weighted by Gasteiger charge is 2.16. The summed E-state index contributed by atoms with van der Waals surface area (Å²) < 4.78 is 21.7. The van der Waals surface area contributed by atoms with Crippen molar-refractivity contribution in [2.75, 3.05) is 45.1 Å². The van der Waals surface area contributed by atoms with Crippen molar-refractivity contribution in [2.45, 2.75) is 18.9 Å². The first-order valence-corrected chi connectivity index (χ1v) is 8.49. The molecule has 1 fully saturated rings. The molecule has 1 aliphatic heterocycles. The third-order valence-electron chi connectivity index (χ3n) is 4.11.